The average molecular weight is 566 g/mol. The van der Waals surface area contributed by atoms with Crippen molar-refractivity contribution in [2.24, 2.45) is 5.92 Å². The maximum Gasteiger partial charge on any atom is 0.262 e. The number of piperidine rings is 1. The molecule has 3 aliphatic rings. The van der Waals surface area contributed by atoms with Gasteiger partial charge in [0.15, 0.2) is 0 Å². The molecule has 2 aromatic carbocycles. The first-order valence-electron chi connectivity index (χ1n) is 14.2. The second-order valence-electron chi connectivity index (χ2n) is 11.0. The predicted octanol–water partition coefficient (Wildman–Crippen LogP) is 3.28. The topological polar surface area (TPSA) is 157 Å². The molecule has 4 N–H and O–H groups in total. The lowest BCUT2D eigenvalue weighted by molar-refractivity contribution is -0.136. The number of imide groups is 2. The van der Waals surface area contributed by atoms with Gasteiger partial charge in [0.1, 0.15) is 6.04 Å². The van der Waals surface area contributed by atoms with Gasteiger partial charge in [-0.15, -0.1) is 0 Å². The molecule has 2 aliphatic heterocycles. The molecule has 1 aliphatic carbocycles. The fraction of sp³-hybridized carbons (Fsp3) is 0.323. The SMILES string of the molecule is N=C/C(=C\NC1CC(CCCNc2ccc3c(c2)C(=O)N(C2CCC(=O)NC2=O)C3=O)C1)c1cnc2ccccc2n1. The molecule has 11 nitrogen and oxygen atoms in total. The summed E-state index contributed by atoms with van der Waals surface area (Å²) in [5.41, 5.74) is 4.27. The minimum Gasteiger partial charge on any atom is -0.388 e. The summed E-state index contributed by atoms with van der Waals surface area (Å²) in [6, 6.07) is 12.1. The zero-order chi connectivity index (χ0) is 29.2. The van der Waals surface area contributed by atoms with Gasteiger partial charge in [-0.05, 0) is 68.4 Å². The molecule has 1 atom stereocenters. The van der Waals surface area contributed by atoms with Crippen LogP contribution in [0, 0.1) is 11.3 Å². The van der Waals surface area contributed by atoms with E-state index in [0.29, 0.717) is 23.2 Å². The third kappa shape index (κ3) is 5.37. The van der Waals surface area contributed by atoms with Crippen LogP contribution in [0.3, 0.4) is 0 Å². The number of nitrogens with zero attached hydrogens (tertiary/aromatic N) is 3. The van der Waals surface area contributed by atoms with Crippen molar-refractivity contribution in [3.8, 4) is 0 Å². The molecule has 1 unspecified atom stereocenters. The van der Waals surface area contributed by atoms with Gasteiger partial charge in [-0.2, -0.15) is 0 Å². The Morgan fingerprint density at radius 1 is 1.05 bits per heavy atom. The number of anilines is 1. The number of fused-ring (bicyclic) bond motifs is 2. The first kappa shape index (κ1) is 27.3. The minimum atomic E-state index is -0.966. The molecular weight excluding hydrogens is 534 g/mol. The summed E-state index contributed by atoms with van der Waals surface area (Å²) >= 11 is 0. The van der Waals surface area contributed by atoms with Crippen molar-refractivity contribution < 1.29 is 19.2 Å². The number of allylic oxidation sites excluding steroid dienone is 1. The van der Waals surface area contributed by atoms with Gasteiger partial charge in [-0.1, -0.05) is 12.1 Å². The van der Waals surface area contributed by atoms with E-state index in [1.807, 2.05) is 30.5 Å². The van der Waals surface area contributed by atoms with Crippen molar-refractivity contribution >= 4 is 52.1 Å². The van der Waals surface area contributed by atoms with E-state index in [-0.39, 0.29) is 24.0 Å². The quantitative estimate of drug-likeness (QED) is 0.166. The lowest BCUT2D eigenvalue weighted by atomic mass is 9.77. The Balaban J connectivity index is 0.952. The van der Waals surface area contributed by atoms with Crippen molar-refractivity contribution in [1.82, 2.24) is 25.5 Å². The summed E-state index contributed by atoms with van der Waals surface area (Å²) in [5, 5.41) is 16.8. The van der Waals surface area contributed by atoms with E-state index in [0.717, 1.165) is 53.8 Å². The lowest BCUT2D eigenvalue weighted by Gasteiger charge is -2.35. The molecule has 0 radical (unpaired) electrons. The summed E-state index contributed by atoms with van der Waals surface area (Å²) in [7, 11) is 0. The summed E-state index contributed by atoms with van der Waals surface area (Å²) in [5.74, 6) is -1.40. The van der Waals surface area contributed by atoms with Gasteiger partial charge < -0.3 is 16.0 Å². The van der Waals surface area contributed by atoms with E-state index < -0.39 is 29.7 Å². The Morgan fingerprint density at radius 2 is 1.83 bits per heavy atom. The standard InChI is InChI=1S/C31H31N7O4/c32-15-19(26-17-35-24-5-1-2-6-25(24)36-26)16-34-21-12-18(13-21)4-3-11-33-20-7-8-22-23(14-20)31(42)38(30(22)41)27-9-10-28(39)37-29(27)40/h1-2,5-8,14-18,21,27,32-34H,3-4,9-13H2,(H,37,39,40)/b19-16+,32-15?. The van der Waals surface area contributed by atoms with Crippen molar-refractivity contribution in [3.63, 3.8) is 0 Å². The number of carbonyl (C=O) groups excluding carboxylic acids is 4. The van der Waals surface area contributed by atoms with E-state index in [2.05, 4.69) is 25.9 Å². The summed E-state index contributed by atoms with van der Waals surface area (Å²) in [6.07, 6.45) is 9.20. The molecule has 6 rings (SSSR count). The third-order valence-electron chi connectivity index (χ3n) is 8.17. The molecule has 1 saturated carbocycles. The lowest BCUT2D eigenvalue weighted by Crippen LogP contribution is -2.54. The van der Waals surface area contributed by atoms with Gasteiger partial charge >= 0.3 is 0 Å². The Kier molecular flexibility index (Phi) is 7.47. The summed E-state index contributed by atoms with van der Waals surface area (Å²) in [4.78, 5) is 59.6. The van der Waals surface area contributed by atoms with Crippen LogP contribution in [0.4, 0.5) is 5.69 Å². The fourth-order valence-corrected chi connectivity index (χ4v) is 5.81. The van der Waals surface area contributed by atoms with Gasteiger partial charge in [0.05, 0.1) is 34.1 Å². The van der Waals surface area contributed by atoms with Crippen LogP contribution >= 0.6 is 0 Å². The number of rotatable bonds is 10. The molecule has 3 heterocycles. The van der Waals surface area contributed by atoms with Crippen LogP contribution in [0.5, 0.6) is 0 Å². The number of aromatic nitrogens is 2. The maximum atomic E-state index is 13.0. The van der Waals surface area contributed by atoms with Crippen molar-refractivity contribution in [2.75, 3.05) is 11.9 Å². The number of nitrogens with one attached hydrogen (secondary N) is 4. The van der Waals surface area contributed by atoms with Gasteiger partial charge in [-0.25, -0.2) is 4.98 Å². The molecular formula is C31H31N7O4. The monoisotopic (exact) mass is 565 g/mol. The van der Waals surface area contributed by atoms with Gasteiger partial charge in [0.25, 0.3) is 11.8 Å². The average Bonchev–Trinajstić information content (AvgIpc) is 3.22. The Morgan fingerprint density at radius 3 is 2.62 bits per heavy atom. The zero-order valence-corrected chi connectivity index (χ0v) is 22.9. The second-order valence-corrected chi connectivity index (χ2v) is 11.0. The summed E-state index contributed by atoms with van der Waals surface area (Å²) < 4.78 is 0. The van der Waals surface area contributed by atoms with E-state index in [9.17, 15) is 19.2 Å². The van der Waals surface area contributed by atoms with Crippen LogP contribution in [0.2, 0.25) is 0 Å². The summed E-state index contributed by atoms with van der Waals surface area (Å²) in [6.45, 7) is 0.727. The highest BCUT2D eigenvalue weighted by molar-refractivity contribution is 6.23. The molecule has 4 amide bonds. The maximum absolute atomic E-state index is 13.0. The predicted molar refractivity (Wildman–Crippen MR) is 157 cm³/mol. The van der Waals surface area contributed by atoms with E-state index in [1.165, 1.54) is 6.21 Å². The zero-order valence-electron chi connectivity index (χ0n) is 22.9. The molecule has 0 spiro atoms. The van der Waals surface area contributed by atoms with Crippen LogP contribution in [-0.2, 0) is 9.59 Å². The van der Waals surface area contributed by atoms with Gasteiger partial charge in [0.2, 0.25) is 11.8 Å². The van der Waals surface area contributed by atoms with E-state index >= 15 is 0 Å². The third-order valence-corrected chi connectivity index (χ3v) is 8.17. The highest BCUT2D eigenvalue weighted by atomic mass is 16.2. The Hall–Kier alpha value is -4.93. The first-order chi connectivity index (χ1) is 20.4. The highest BCUT2D eigenvalue weighted by Gasteiger charge is 2.44. The number of carbonyl (C=O) groups is 4. The van der Waals surface area contributed by atoms with Crippen molar-refractivity contribution in [3.05, 3.63) is 71.7 Å². The molecule has 42 heavy (non-hydrogen) atoms. The fourth-order valence-electron chi connectivity index (χ4n) is 5.81. The molecule has 214 valence electrons. The molecule has 3 aromatic rings. The van der Waals surface area contributed by atoms with Crippen LogP contribution in [0.1, 0.15) is 64.9 Å². The van der Waals surface area contributed by atoms with Crippen LogP contribution in [0.15, 0.2) is 54.9 Å². The van der Waals surface area contributed by atoms with Crippen molar-refractivity contribution in [1.29, 1.82) is 5.41 Å². The van der Waals surface area contributed by atoms with Crippen LogP contribution in [0.25, 0.3) is 16.6 Å². The molecule has 2 fully saturated rings. The minimum absolute atomic E-state index is 0.0937. The van der Waals surface area contributed by atoms with Crippen molar-refractivity contribution in [2.45, 2.75) is 50.6 Å². The normalized spacial score (nSPS) is 22.0. The van der Waals surface area contributed by atoms with E-state index in [4.69, 9.17) is 5.41 Å². The second kappa shape index (κ2) is 11.5. The van der Waals surface area contributed by atoms with E-state index in [1.54, 1.807) is 24.4 Å². The highest BCUT2D eigenvalue weighted by Crippen LogP contribution is 2.32. The van der Waals surface area contributed by atoms with Crippen LogP contribution < -0.4 is 16.0 Å². The number of para-hydroxylation sites is 2. The first-order valence-corrected chi connectivity index (χ1v) is 14.2. The van der Waals surface area contributed by atoms with Crippen LogP contribution in [-0.4, -0.2) is 63.3 Å². The molecule has 11 heteroatoms. The number of hydrogen-bond donors (Lipinski definition) is 4. The van der Waals surface area contributed by atoms with Gasteiger partial charge in [-0.3, -0.25) is 34.4 Å². The number of hydrogen-bond acceptors (Lipinski definition) is 9. The smallest absolute Gasteiger partial charge is 0.262 e. The molecule has 1 saturated heterocycles. The van der Waals surface area contributed by atoms with Gasteiger partial charge in [0, 0.05) is 42.7 Å². The Bertz CT molecular complexity index is 1630. The molecule has 0 bridgehead atoms. The Labute approximate surface area is 242 Å². The number of benzene rings is 2. The number of amides is 4. The largest absolute Gasteiger partial charge is 0.388 e. The molecule has 1 aromatic heterocycles.